The topological polar surface area (TPSA) is 75.3 Å². The van der Waals surface area contributed by atoms with E-state index in [1.165, 1.54) is 0 Å². The Hall–Kier alpha value is -2.10. The van der Waals surface area contributed by atoms with Crippen LogP contribution in [0.25, 0.3) is 10.9 Å². The van der Waals surface area contributed by atoms with Crippen LogP contribution in [0, 0.1) is 0 Å². The van der Waals surface area contributed by atoms with E-state index in [0.29, 0.717) is 5.02 Å². The van der Waals surface area contributed by atoms with Gasteiger partial charge in [0.25, 0.3) is 0 Å². The van der Waals surface area contributed by atoms with Crippen molar-refractivity contribution in [2.45, 2.75) is 61.5 Å². The van der Waals surface area contributed by atoms with Gasteiger partial charge in [-0.05, 0) is 56.4 Å². The van der Waals surface area contributed by atoms with E-state index in [1.807, 2.05) is 24.3 Å². The van der Waals surface area contributed by atoms with Gasteiger partial charge in [-0.2, -0.15) is 13.2 Å². The summed E-state index contributed by atoms with van der Waals surface area (Å²) in [6, 6.07) is 6.07. The number of nitrogens with one attached hydrogen (secondary N) is 3. The van der Waals surface area contributed by atoms with Crippen molar-refractivity contribution in [1.29, 1.82) is 0 Å². The minimum Gasteiger partial charge on any atom is -0.379 e. The number of hydrogen-bond donors (Lipinski definition) is 3. The third-order valence-corrected chi connectivity index (χ3v) is 6.99. The molecule has 3 aliphatic carbocycles. The molecule has 1 aromatic heterocycles. The van der Waals surface area contributed by atoms with E-state index < -0.39 is 12.2 Å². The van der Waals surface area contributed by atoms with Gasteiger partial charge in [-0.25, -0.2) is 0 Å². The summed E-state index contributed by atoms with van der Waals surface area (Å²) >= 11 is 6.06. The summed E-state index contributed by atoms with van der Waals surface area (Å²) in [5, 5.41) is 10.8. The van der Waals surface area contributed by atoms with E-state index in [-0.39, 0.29) is 49.1 Å². The molecule has 32 heavy (non-hydrogen) atoms. The number of halogens is 4. The molecule has 3 saturated carbocycles. The first-order valence-corrected chi connectivity index (χ1v) is 11.1. The van der Waals surface area contributed by atoms with Crippen molar-refractivity contribution in [3.05, 3.63) is 35.5 Å². The van der Waals surface area contributed by atoms with Gasteiger partial charge < -0.3 is 20.7 Å². The molecule has 2 atom stereocenters. The van der Waals surface area contributed by atoms with Crippen LogP contribution in [-0.2, 0) is 9.53 Å². The summed E-state index contributed by atoms with van der Waals surface area (Å²) in [5.74, 6) is -0.222. The van der Waals surface area contributed by atoms with E-state index in [4.69, 9.17) is 16.3 Å². The van der Waals surface area contributed by atoms with Crippen molar-refractivity contribution in [2.75, 3.05) is 18.5 Å². The molecule has 1 saturated heterocycles. The summed E-state index contributed by atoms with van der Waals surface area (Å²) < 4.78 is 43.6. The lowest BCUT2D eigenvalue weighted by molar-refractivity contribution is -0.167. The second kappa shape index (κ2) is 7.74. The first-order chi connectivity index (χ1) is 15.2. The number of pyridine rings is 1. The number of carbonyl (C=O) groups is 1. The second-order valence-corrected chi connectivity index (χ2v) is 9.73. The lowest BCUT2D eigenvalue weighted by Gasteiger charge is -2.70. The molecular formula is C22H24ClF3N4O2. The second-order valence-electron chi connectivity index (χ2n) is 9.30. The van der Waals surface area contributed by atoms with E-state index in [2.05, 4.69) is 20.9 Å². The van der Waals surface area contributed by atoms with Crippen LogP contribution in [-0.4, -0.2) is 53.4 Å². The van der Waals surface area contributed by atoms with Gasteiger partial charge in [-0.3, -0.25) is 9.78 Å². The number of aromatic nitrogens is 1. The van der Waals surface area contributed by atoms with Gasteiger partial charge in [-0.15, -0.1) is 0 Å². The molecule has 0 spiro atoms. The minimum absolute atomic E-state index is 0.0379. The number of nitrogens with zero attached hydrogens (tertiary/aromatic N) is 1. The largest absolute Gasteiger partial charge is 0.403 e. The molecule has 2 heterocycles. The Balaban J connectivity index is 1.08. The van der Waals surface area contributed by atoms with Crippen molar-refractivity contribution in [1.82, 2.24) is 15.6 Å². The van der Waals surface area contributed by atoms with E-state index in [0.717, 1.165) is 35.9 Å². The van der Waals surface area contributed by atoms with Gasteiger partial charge in [0, 0.05) is 39.9 Å². The highest BCUT2D eigenvalue weighted by molar-refractivity contribution is 6.31. The summed E-state index contributed by atoms with van der Waals surface area (Å²) in [7, 11) is 0. The summed E-state index contributed by atoms with van der Waals surface area (Å²) in [6.07, 6.45) is -0.166. The van der Waals surface area contributed by atoms with E-state index >= 15 is 0 Å². The average molecular weight is 469 g/mol. The molecule has 2 aromatic rings. The van der Waals surface area contributed by atoms with Crippen LogP contribution in [0.3, 0.4) is 0 Å². The number of piperidine rings is 1. The maximum atomic E-state index is 12.7. The van der Waals surface area contributed by atoms with Crippen LogP contribution in [0.4, 0.5) is 18.9 Å². The molecule has 2 unspecified atom stereocenters. The molecule has 2 bridgehead atoms. The van der Waals surface area contributed by atoms with Crippen molar-refractivity contribution in [3.63, 3.8) is 0 Å². The van der Waals surface area contributed by atoms with Crippen LogP contribution < -0.4 is 16.0 Å². The molecule has 3 N–H and O–H groups in total. The minimum atomic E-state index is -4.24. The third-order valence-electron chi connectivity index (χ3n) is 6.75. The normalized spacial score (nSPS) is 31.5. The van der Waals surface area contributed by atoms with Gasteiger partial charge in [0.05, 0.1) is 11.6 Å². The highest BCUT2D eigenvalue weighted by atomic mass is 35.5. The zero-order valence-corrected chi connectivity index (χ0v) is 18.0. The van der Waals surface area contributed by atoms with Crippen molar-refractivity contribution in [3.8, 4) is 0 Å². The Kier molecular flexibility index (Phi) is 5.26. The fourth-order valence-corrected chi connectivity index (χ4v) is 5.51. The van der Waals surface area contributed by atoms with E-state index in [1.54, 1.807) is 6.20 Å². The lowest BCUT2D eigenvalue weighted by atomic mass is 9.44. The molecule has 6 rings (SSSR count). The highest BCUT2D eigenvalue weighted by Crippen LogP contribution is 2.62. The number of carbonyl (C=O) groups excluding carboxylic acids is 1. The molecule has 172 valence electrons. The Morgan fingerprint density at radius 3 is 2.69 bits per heavy atom. The van der Waals surface area contributed by atoms with Crippen molar-refractivity contribution in [2.24, 2.45) is 0 Å². The number of fused-ring (bicyclic) bond motifs is 1. The molecule has 0 radical (unpaired) electrons. The fourth-order valence-electron chi connectivity index (χ4n) is 5.35. The lowest BCUT2D eigenvalue weighted by Crippen LogP contribution is -2.81. The predicted molar refractivity (Wildman–Crippen MR) is 115 cm³/mol. The van der Waals surface area contributed by atoms with E-state index in [9.17, 15) is 18.0 Å². The van der Waals surface area contributed by atoms with Crippen LogP contribution in [0.1, 0.15) is 32.1 Å². The molecule has 1 amide bonds. The summed E-state index contributed by atoms with van der Waals surface area (Å²) in [4.78, 5) is 16.7. The quantitative estimate of drug-likeness (QED) is 0.601. The number of rotatable bonds is 6. The Bertz CT molecular complexity index is 1020. The van der Waals surface area contributed by atoms with Gasteiger partial charge in [-0.1, -0.05) is 11.6 Å². The van der Waals surface area contributed by atoms with Crippen molar-refractivity contribution < 1.29 is 22.7 Å². The first kappa shape index (κ1) is 21.7. The molecule has 6 nitrogen and oxygen atoms in total. The molecule has 4 fully saturated rings. The maximum absolute atomic E-state index is 12.7. The molecule has 1 aromatic carbocycles. The number of ether oxygens (including phenoxy) is 1. The molecule has 4 aliphatic rings. The number of alkyl halides is 3. The molecular weight excluding hydrogens is 445 g/mol. The van der Waals surface area contributed by atoms with Gasteiger partial charge in [0.2, 0.25) is 5.91 Å². The number of anilines is 1. The Morgan fingerprint density at radius 2 is 2.00 bits per heavy atom. The summed E-state index contributed by atoms with van der Waals surface area (Å²) in [6.45, 7) is -0.0400. The average Bonchev–Trinajstić information content (AvgIpc) is 2.69. The zero-order valence-electron chi connectivity index (χ0n) is 17.3. The van der Waals surface area contributed by atoms with Crippen molar-refractivity contribution >= 4 is 34.1 Å². The third kappa shape index (κ3) is 4.13. The zero-order chi connectivity index (χ0) is 22.6. The molecule has 10 heteroatoms. The summed E-state index contributed by atoms with van der Waals surface area (Å²) in [5.41, 5.74) is 1.57. The van der Waals surface area contributed by atoms with Crippen LogP contribution >= 0.6 is 11.6 Å². The number of amides is 1. The van der Waals surface area contributed by atoms with Gasteiger partial charge in [0.1, 0.15) is 12.6 Å². The number of hydrogen-bond acceptors (Lipinski definition) is 5. The van der Waals surface area contributed by atoms with Crippen LogP contribution in [0.15, 0.2) is 30.5 Å². The first-order valence-electron chi connectivity index (χ1n) is 10.7. The monoisotopic (exact) mass is 468 g/mol. The van der Waals surface area contributed by atoms with Gasteiger partial charge >= 0.3 is 6.18 Å². The maximum Gasteiger partial charge on any atom is 0.403 e. The Morgan fingerprint density at radius 1 is 1.22 bits per heavy atom. The smallest absolute Gasteiger partial charge is 0.379 e. The standard InChI is InChI=1S/C22H24ClF3N4O2/c23-13-1-3-15-16(5-6-27-17(15)7-13)29-20-10-21(11-20,12-20)30-19(31)9-32-14-2-4-18(28-8-14)22(24,25)26/h1,3,5-7,14,18,28H,2,4,8-12H2,(H,27,29)(H,30,31). The highest BCUT2D eigenvalue weighted by Gasteiger charge is 2.68. The Labute approximate surface area is 188 Å². The SMILES string of the molecule is O=C(COC1CCC(C(F)(F)F)NC1)NC12CC(Nc3ccnc4cc(Cl)ccc34)(C1)C2. The van der Waals surface area contributed by atoms with Crippen LogP contribution in [0.5, 0.6) is 0 Å². The fraction of sp³-hybridized carbons (Fsp3) is 0.545. The molecule has 1 aliphatic heterocycles. The van der Waals surface area contributed by atoms with Crippen LogP contribution in [0.2, 0.25) is 5.02 Å². The number of benzene rings is 1. The van der Waals surface area contributed by atoms with Gasteiger partial charge in [0.15, 0.2) is 0 Å². The predicted octanol–water partition coefficient (Wildman–Crippen LogP) is 3.79.